The molecule has 3 aromatic rings. The molecular formula is C19H24N4O. The Balaban J connectivity index is 1.80. The number of H-pyrrole nitrogens is 2. The summed E-state index contributed by atoms with van der Waals surface area (Å²) in [7, 11) is 1.85. The predicted octanol–water partition coefficient (Wildman–Crippen LogP) is 3.44. The number of nitrogens with zero attached hydrogens (tertiary/aromatic N) is 2. The van der Waals surface area contributed by atoms with E-state index in [1.165, 1.54) is 11.1 Å². The molecular weight excluding hydrogens is 300 g/mol. The van der Waals surface area contributed by atoms with Crippen molar-refractivity contribution in [3.05, 3.63) is 52.0 Å². The van der Waals surface area contributed by atoms with Crippen molar-refractivity contribution in [3.63, 3.8) is 0 Å². The van der Waals surface area contributed by atoms with Crippen molar-refractivity contribution in [1.29, 1.82) is 0 Å². The number of hydrogen-bond acceptors (Lipinski definition) is 2. The Morgan fingerprint density at radius 3 is 2.62 bits per heavy atom. The molecule has 2 N–H and O–H groups in total. The molecule has 24 heavy (non-hydrogen) atoms. The first-order chi connectivity index (χ1) is 11.4. The highest BCUT2D eigenvalue weighted by Crippen LogP contribution is 2.23. The van der Waals surface area contributed by atoms with E-state index in [1.54, 1.807) is 4.90 Å². The first-order valence-electron chi connectivity index (χ1n) is 8.23. The minimum absolute atomic E-state index is 0.0279. The third-order valence-electron chi connectivity index (χ3n) is 4.75. The minimum Gasteiger partial charge on any atom is -0.350 e. The largest absolute Gasteiger partial charge is 0.350 e. The molecule has 0 spiro atoms. The smallest absolute Gasteiger partial charge is 0.270 e. The highest BCUT2D eigenvalue weighted by atomic mass is 16.2. The Morgan fingerprint density at radius 2 is 1.96 bits per heavy atom. The maximum absolute atomic E-state index is 12.8. The molecule has 0 aliphatic rings. The van der Waals surface area contributed by atoms with Gasteiger partial charge in [-0.2, -0.15) is 5.10 Å². The zero-order valence-corrected chi connectivity index (χ0v) is 14.9. The van der Waals surface area contributed by atoms with Crippen LogP contribution in [0.5, 0.6) is 0 Å². The molecule has 0 aliphatic carbocycles. The fourth-order valence-electron chi connectivity index (χ4n) is 3.17. The van der Waals surface area contributed by atoms with E-state index < -0.39 is 0 Å². The number of benzene rings is 1. The molecule has 1 amide bonds. The van der Waals surface area contributed by atoms with Crippen molar-refractivity contribution < 1.29 is 4.79 Å². The first kappa shape index (κ1) is 16.3. The number of aryl methyl sites for hydroxylation is 4. The number of fused-ring (bicyclic) bond motifs is 1. The van der Waals surface area contributed by atoms with Gasteiger partial charge >= 0.3 is 0 Å². The molecule has 126 valence electrons. The van der Waals surface area contributed by atoms with E-state index in [2.05, 4.69) is 34.2 Å². The van der Waals surface area contributed by atoms with Crippen LogP contribution in [-0.4, -0.2) is 39.6 Å². The maximum atomic E-state index is 12.8. The van der Waals surface area contributed by atoms with Crippen molar-refractivity contribution in [1.82, 2.24) is 20.1 Å². The van der Waals surface area contributed by atoms with Crippen molar-refractivity contribution in [2.24, 2.45) is 0 Å². The van der Waals surface area contributed by atoms with Crippen molar-refractivity contribution >= 4 is 16.8 Å². The number of rotatable bonds is 4. The second-order valence-corrected chi connectivity index (χ2v) is 6.56. The van der Waals surface area contributed by atoms with E-state index in [4.69, 9.17) is 0 Å². The quantitative estimate of drug-likeness (QED) is 0.772. The van der Waals surface area contributed by atoms with Gasteiger partial charge in [-0.05, 0) is 57.4 Å². The number of likely N-dealkylation sites (N-methyl/N-ethyl adjacent to an activating group) is 1. The summed E-state index contributed by atoms with van der Waals surface area (Å²) < 4.78 is 0. The van der Waals surface area contributed by atoms with Crippen LogP contribution in [0.15, 0.2) is 18.2 Å². The van der Waals surface area contributed by atoms with Crippen LogP contribution in [-0.2, 0) is 6.42 Å². The molecule has 0 fully saturated rings. The molecule has 0 radical (unpaired) electrons. The van der Waals surface area contributed by atoms with Crippen LogP contribution in [0.4, 0.5) is 0 Å². The van der Waals surface area contributed by atoms with Gasteiger partial charge in [0, 0.05) is 30.2 Å². The summed E-state index contributed by atoms with van der Waals surface area (Å²) in [4.78, 5) is 17.9. The number of nitrogens with one attached hydrogen (secondary N) is 2. The number of hydrogen-bond donors (Lipinski definition) is 2. The molecule has 0 bridgehead atoms. The Bertz CT molecular complexity index is 884. The lowest BCUT2D eigenvalue weighted by Gasteiger charge is -2.17. The summed E-state index contributed by atoms with van der Waals surface area (Å²) in [6, 6.07) is 6.21. The van der Waals surface area contributed by atoms with E-state index >= 15 is 0 Å². The third kappa shape index (κ3) is 2.82. The Morgan fingerprint density at radius 1 is 1.21 bits per heavy atom. The topological polar surface area (TPSA) is 64.8 Å². The second kappa shape index (κ2) is 6.15. The van der Waals surface area contributed by atoms with Gasteiger partial charge in [0.1, 0.15) is 5.69 Å². The predicted molar refractivity (Wildman–Crippen MR) is 96.5 cm³/mol. The van der Waals surface area contributed by atoms with Crippen molar-refractivity contribution in [2.75, 3.05) is 13.6 Å². The molecule has 5 heteroatoms. The third-order valence-corrected chi connectivity index (χ3v) is 4.75. The number of carbonyl (C=O) groups excluding carboxylic acids is 1. The van der Waals surface area contributed by atoms with Gasteiger partial charge in [-0.15, -0.1) is 0 Å². The van der Waals surface area contributed by atoms with Crippen LogP contribution in [0.3, 0.4) is 0 Å². The van der Waals surface area contributed by atoms with Crippen LogP contribution in [0, 0.1) is 27.7 Å². The Kier molecular flexibility index (Phi) is 4.18. The van der Waals surface area contributed by atoms with Gasteiger partial charge in [0.05, 0.1) is 5.69 Å². The highest BCUT2D eigenvalue weighted by molar-refractivity contribution is 6.00. The molecule has 1 aromatic carbocycles. The number of aromatic nitrogens is 3. The summed E-state index contributed by atoms with van der Waals surface area (Å²) in [6.07, 6.45) is 0.800. The van der Waals surface area contributed by atoms with Gasteiger partial charge in [0.25, 0.3) is 5.91 Å². The molecule has 0 saturated heterocycles. The molecule has 2 heterocycles. The summed E-state index contributed by atoms with van der Waals surface area (Å²) in [5.74, 6) is 0.0279. The Labute approximate surface area is 142 Å². The van der Waals surface area contributed by atoms with Crippen LogP contribution in [0.1, 0.15) is 38.6 Å². The number of carbonyl (C=O) groups is 1. The monoisotopic (exact) mass is 324 g/mol. The molecule has 0 unspecified atom stereocenters. The van der Waals surface area contributed by atoms with Crippen LogP contribution in [0.2, 0.25) is 0 Å². The second-order valence-electron chi connectivity index (χ2n) is 6.56. The summed E-state index contributed by atoms with van der Waals surface area (Å²) >= 11 is 0. The lowest BCUT2D eigenvalue weighted by Crippen LogP contribution is -2.29. The van der Waals surface area contributed by atoms with Gasteiger partial charge < -0.3 is 9.88 Å². The fraction of sp³-hybridized carbons (Fsp3) is 0.368. The molecule has 5 nitrogen and oxygen atoms in total. The SMILES string of the molecule is Cc1ccc2[nH]c(C(=O)N(C)CCc3c(C)n[nH]c3C)c(C)c2c1. The summed E-state index contributed by atoms with van der Waals surface area (Å²) in [6.45, 7) is 8.73. The zero-order valence-electron chi connectivity index (χ0n) is 14.9. The fourth-order valence-corrected chi connectivity index (χ4v) is 3.17. The number of amides is 1. The molecule has 3 rings (SSSR count). The van der Waals surface area contributed by atoms with Crippen molar-refractivity contribution in [2.45, 2.75) is 34.1 Å². The van der Waals surface area contributed by atoms with Gasteiger partial charge in [0.2, 0.25) is 0 Å². The van der Waals surface area contributed by atoms with Crippen LogP contribution >= 0.6 is 0 Å². The van der Waals surface area contributed by atoms with Gasteiger partial charge in [-0.25, -0.2) is 0 Å². The van der Waals surface area contributed by atoms with E-state index in [0.717, 1.165) is 34.3 Å². The maximum Gasteiger partial charge on any atom is 0.270 e. The van der Waals surface area contributed by atoms with E-state index in [9.17, 15) is 4.79 Å². The first-order valence-corrected chi connectivity index (χ1v) is 8.23. The molecule has 0 saturated carbocycles. The van der Waals surface area contributed by atoms with Gasteiger partial charge in [0.15, 0.2) is 0 Å². The molecule has 0 aliphatic heterocycles. The van der Waals surface area contributed by atoms with Gasteiger partial charge in [-0.3, -0.25) is 9.89 Å². The summed E-state index contributed by atoms with van der Waals surface area (Å²) in [5, 5.41) is 8.33. The Hall–Kier alpha value is -2.56. The highest BCUT2D eigenvalue weighted by Gasteiger charge is 2.19. The number of aromatic amines is 2. The normalized spacial score (nSPS) is 11.2. The van der Waals surface area contributed by atoms with E-state index in [0.29, 0.717) is 12.2 Å². The lowest BCUT2D eigenvalue weighted by molar-refractivity contribution is 0.0791. The van der Waals surface area contributed by atoms with E-state index in [-0.39, 0.29) is 5.91 Å². The van der Waals surface area contributed by atoms with Crippen molar-refractivity contribution in [3.8, 4) is 0 Å². The molecule has 2 aromatic heterocycles. The van der Waals surface area contributed by atoms with Gasteiger partial charge in [-0.1, -0.05) is 11.6 Å². The standard InChI is InChI=1S/C19H24N4O/c1-11-6-7-17-16(10-11)12(2)18(20-17)19(24)23(5)9-8-15-13(3)21-22-14(15)4/h6-7,10,20H,8-9H2,1-5H3,(H,21,22). The lowest BCUT2D eigenvalue weighted by atomic mass is 10.1. The van der Waals surface area contributed by atoms with E-state index in [1.807, 2.05) is 33.9 Å². The minimum atomic E-state index is 0.0279. The molecule has 0 atom stereocenters. The average molecular weight is 324 g/mol. The average Bonchev–Trinajstić information content (AvgIpc) is 3.05. The zero-order chi connectivity index (χ0) is 17.4. The van der Waals surface area contributed by atoms with Crippen LogP contribution in [0.25, 0.3) is 10.9 Å². The van der Waals surface area contributed by atoms with Crippen LogP contribution < -0.4 is 0 Å². The summed E-state index contributed by atoms with van der Waals surface area (Å²) in [5.41, 5.74) is 7.18.